The van der Waals surface area contributed by atoms with Crippen molar-refractivity contribution in [3.63, 3.8) is 0 Å². The first-order valence-corrected chi connectivity index (χ1v) is 37.1. The summed E-state index contributed by atoms with van der Waals surface area (Å²) in [6, 6.07) is -0.624. The molecule has 3 N–H and O–H groups in total. The van der Waals surface area contributed by atoms with Gasteiger partial charge < -0.3 is 20.3 Å². The van der Waals surface area contributed by atoms with E-state index in [1.54, 1.807) is 6.08 Å². The number of ether oxygens (including phenoxy) is 1. The molecular weight excluding hydrogens is 995 g/mol. The van der Waals surface area contributed by atoms with Gasteiger partial charge in [0.1, 0.15) is 0 Å². The number of allylic oxidation sites excluding steroid dienone is 3. The van der Waals surface area contributed by atoms with Gasteiger partial charge in [-0.1, -0.05) is 372 Å². The van der Waals surface area contributed by atoms with E-state index in [9.17, 15) is 19.8 Å². The molecular formula is C75H145NO5. The van der Waals surface area contributed by atoms with E-state index in [1.807, 2.05) is 6.08 Å². The fourth-order valence-electron chi connectivity index (χ4n) is 11.8. The first kappa shape index (κ1) is 79.3. The lowest BCUT2D eigenvalue weighted by molar-refractivity contribution is -0.143. The Bertz CT molecular complexity index is 1270. The number of amides is 1. The minimum Gasteiger partial charge on any atom is -0.466 e. The lowest BCUT2D eigenvalue weighted by Gasteiger charge is -2.20. The first-order valence-electron chi connectivity index (χ1n) is 37.1. The van der Waals surface area contributed by atoms with Crippen LogP contribution in [0.2, 0.25) is 0 Å². The van der Waals surface area contributed by atoms with Crippen LogP contribution >= 0.6 is 0 Å². The number of nitrogens with one attached hydrogen (secondary N) is 1. The molecule has 0 aromatic carbocycles. The number of hydrogen-bond acceptors (Lipinski definition) is 5. The third-order valence-corrected chi connectivity index (χ3v) is 17.5. The molecule has 0 aliphatic carbocycles. The van der Waals surface area contributed by atoms with Crippen molar-refractivity contribution < 1.29 is 24.5 Å². The minimum absolute atomic E-state index is 0.0183. The zero-order valence-electron chi connectivity index (χ0n) is 55.0. The van der Waals surface area contributed by atoms with Gasteiger partial charge >= 0.3 is 5.97 Å². The van der Waals surface area contributed by atoms with Crippen LogP contribution in [-0.2, 0) is 14.3 Å². The molecule has 0 rings (SSSR count). The highest BCUT2D eigenvalue weighted by Crippen LogP contribution is 2.19. The first-order chi connectivity index (χ1) is 40.0. The number of unbranched alkanes of at least 4 members (excludes halogenated alkanes) is 57. The number of aliphatic hydroxyl groups excluding tert-OH is 2. The average Bonchev–Trinajstić information content (AvgIpc) is 3.47. The number of aliphatic hydroxyl groups is 2. The second kappa shape index (κ2) is 70.8. The quantitative estimate of drug-likeness (QED) is 0.0320. The normalized spacial score (nSPS) is 12.6. The van der Waals surface area contributed by atoms with E-state index in [2.05, 4.69) is 31.3 Å². The molecule has 0 fully saturated rings. The second-order valence-electron chi connectivity index (χ2n) is 25.6. The molecule has 0 aromatic heterocycles. The minimum atomic E-state index is -0.841. The summed E-state index contributed by atoms with van der Waals surface area (Å²) in [5, 5.41) is 23.2. The Kier molecular flexibility index (Phi) is 69.4. The fourth-order valence-corrected chi connectivity index (χ4v) is 11.8. The van der Waals surface area contributed by atoms with E-state index in [0.29, 0.717) is 19.4 Å². The van der Waals surface area contributed by atoms with E-state index < -0.39 is 12.1 Å². The maximum atomic E-state index is 12.5. The lowest BCUT2D eigenvalue weighted by atomic mass is 10.0. The van der Waals surface area contributed by atoms with E-state index in [4.69, 9.17) is 4.74 Å². The Hall–Kier alpha value is -1.66. The molecule has 0 aliphatic rings. The summed E-state index contributed by atoms with van der Waals surface area (Å²) in [6.45, 7) is 4.94. The molecule has 0 radical (unpaired) electrons. The van der Waals surface area contributed by atoms with Gasteiger partial charge in [-0.3, -0.25) is 9.59 Å². The van der Waals surface area contributed by atoms with Crippen LogP contribution < -0.4 is 5.32 Å². The third kappa shape index (κ3) is 67.3. The van der Waals surface area contributed by atoms with Crippen molar-refractivity contribution in [1.82, 2.24) is 5.32 Å². The van der Waals surface area contributed by atoms with Crippen LogP contribution in [0.5, 0.6) is 0 Å². The smallest absolute Gasteiger partial charge is 0.305 e. The molecule has 0 spiro atoms. The van der Waals surface area contributed by atoms with Crippen molar-refractivity contribution in [2.75, 3.05) is 13.2 Å². The molecule has 0 saturated heterocycles. The Balaban J connectivity index is 3.32. The standard InChI is InChI=1S/C75H145NO5/c1-3-5-7-9-11-13-15-17-19-20-37-41-45-49-53-57-61-65-69-75(80)81-70-66-62-58-54-50-46-42-38-35-33-31-29-27-25-23-21-22-24-26-28-30-32-34-36-40-44-48-52-56-60-64-68-74(79)76-72(71-77)73(78)67-63-59-55-51-47-43-39-18-16-14-12-10-8-6-4-2/h19-20,63,67,72-73,77-78H,3-18,21-62,64-66,68-71H2,1-2H3,(H,76,79)/b20-19-,67-63+. The van der Waals surface area contributed by atoms with Gasteiger partial charge in [0.2, 0.25) is 5.91 Å². The molecule has 2 atom stereocenters. The van der Waals surface area contributed by atoms with E-state index in [0.717, 1.165) is 44.9 Å². The van der Waals surface area contributed by atoms with Crippen LogP contribution in [0.3, 0.4) is 0 Å². The molecule has 1 amide bonds. The lowest BCUT2D eigenvalue weighted by Crippen LogP contribution is -2.45. The fraction of sp³-hybridized carbons (Fsp3) is 0.920. The van der Waals surface area contributed by atoms with E-state index >= 15 is 0 Å². The van der Waals surface area contributed by atoms with Gasteiger partial charge in [-0.05, 0) is 57.8 Å². The van der Waals surface area contributed by atoms with Crippen LogP contribution in [-0.4, -0.2) is 47.4 Å². The van der Waals surface area contributed by atoms with Gasteiger partial charge in [0, 0.05) is 12.8 Å². The Morgan fingerprint density at radius 1 is 0.333 bits per heavy atom. The summed E-state index contributed by atoms with van der Waals surface area (Å²) >= 11 is 0. The van der Waals surface area contributed by atoms with Crippen LogP contribution in [0.1, 0.15) is 418 Å². The zero-order valence-corrected chi connectivity index (χ0v) is 55.0. The molecule has 0 bridgehead atoms. The highest BCUT2D eigenvalue weighted by atomic mass is 16.5. The van der Waals surface area contributed by atoms with Gasteiger partial charge in [0.25, 0.3) is 0 Å². The summed E-state index contributed by atoms with van der Waals surface area (Å²) < 4.78 is 5.51. The van der Waals surface area contributed by atoms with Crippen LogP contribution in [0.25, 0.3) is 0 Å². The predicted molar refractivity (Wildman–Crippen MR) is 356 cm³/mol. The number of rotatable bonds is 70. The van der Waals surface area contributed by atoms with Crippen molar-refractivity contribution >= 4 is 11.9 Å². The SMILES string of the molecule is CCCCCCCCC/C=C\CCCCCCCCCC(=O)OCCCCCCCCCCCCCCCCCCCCCCCCCCCCCCCCCC(=O)NC(CO)C(O)/C=C/CCCCCCCCCCCCCCC. The zero-order chi connectivity index (χ0) is 58.5. The monoisotopic (exact) mass is 1140 g/mol. The van der Waals surface area contributed by atoms with Crippen molar-refractivity contribution in [2.24, 2.45) is 0 Å². The van der Waals surface area contributed by atoms with Crippen LogP contribution in [0.4, 0.5) is 0 Å². The van der Waals surface area contributed by atoms with E-state index in [-0.39, 0.29) is 18.5 Å². The van der Waals surface area contributed by atoms with E-state index in [1.165, 1.54) is 347 Å². The summed E-state index contributed by atoms with van der Waals surface area (Å²) in [6.07, 6.45) is 89.9. The molecule has 81 heavy (non-hydrogen) atoms. The summed E-state index contributed by atoms with van der Waals surface area (Å²) in [5.41, 5.74) is 0. The van der Waals surface area contributed by atoms with Crippen LogP contribution in [0, 0.1) is 0 Å². The summed E-state index contributed by atoms with van der Waals surface area (Å²) in [5.74, 6) is -0.0427. The number of carbonyl (C=O) groups excluding carboxylic acids is 2. The third-order valence-electron chi connectivity index (χ3n) is 17.5. The molecule has 6 heteroatoms. The second-order valence-corrected chi connectivity index (χ2v) is 25.6. The molecule has 6 nitrogen and oxygen atoms in total. The molecule has 0 aromatic rings. The summed E-state index contributed by atoms with van der Waals surface area (Å²) in [4.78, 5) is 24.6. The number of carbonyl (C=O) groups is 2. The maximum absolute atomic E-state index is 12.5. The van der Waals surface area contributed by atoms with Gasteiger partial charge in [-0.15, -0.1) is 0 Å². The Morgan fingerprint density at radius 3 is 0.877 bits per heavy atom. The Morgan fingerprint density at radius 2 is 0.580 bits per heavy atom. The maximum Gasteiger partial charge on any atom is 0.305 e. The molecule has 0 aliphatic heterocycles. The van der Waals surface area contributed by atoms with Crippen LogP contribution in [0.15, 0.2) is 24.3 Å². The molecule has 0 heterocycles. The van der Waals surface area contributed by atoms with Crippen molar-refractivity contribution in [3.8, 4) is 0 Å². The number of esters is 1. The van der Waals surface area contributed by atoms with Gasteiger partial charge in [-0.25, -0.2) is 0 Å². The van der Waals surface area contributed by atoms with Gasteiger partial charge in [-0.2, -0.15) is 0 Å². The average molecular weight is 1140 g/mol. The van der Waals surface area contributed by atoms with Gasteiger partial charge in [0.15, 0.2) is 0 Å². The number of hydrogen-bond donors (Lipinski definition) is 3. The van der Waals surface area contributed by atoms with Crippen molar-refractivity contribution in [1.29, 1.82) is 0 Å². The highest BCUT2D eigenvalue weighted by Gasteiger charge is 2.18. The topological polar surface area (TPSA) is 95.9 Å². The van der Waals surface area contributed by atoms with Crippen molar-refractivity contribution in [3.05, 3.63) is 24.3 Å². The molecule has 0 saturated carbocycles. The summed E-state index contributed by atoms with van der Waals surface area (Å²) in [7, 11) is 0. The predicted octanol–water partition coefficient (Wildman–Crippen LogP) is 24.1. The Labute approximate surface area is 507 Å². The highest BCUT2D eigenvalue weighted by molar-refractivity contribution is 5.76. The van der Waals surface area contributed by atoms with Crippen molar-refractivity contribution in [2.45, 2.75) is 431 Å². The van der Waals surface area contributed by atoms with Gasteiger partial charge in [0.05, 0.1) is 25.4 Å². The molecule has 480 valence electrons. The molecule has 2 unspecified atom stereocenters. The largest absolute Gasteiger partial charge is 0.466 e.